The number of hydrogen-bond donors (Lipinski definition) is 3. The zero-order valence-corrected chi connectivity index (χ0v) is 26.8. The van der Waals surface area contributed by atoms with Crippen molar-refractivity contribution in [2.45, 2.75) is 68.3 Å². The van der Waals surface area contributed by atoms with E-state index in [9.17, 15) is 27.6 Å². The number of para-hydroxylation sites is 1. The molecule has 3 aliphatic carbocycles. The van der Waals surface area contributed by atoms with Gasteiger partial charge in [-0.25, -0.2) is 13.2 Å². The number of amides is 4. The van der Waals surface area contributed by atoms with Gasteiger partial charge in [0, 0.05) is 37.4 Å². The molecule has 5 aliphatic rings. The van der Waals surface area contributed by atoms with Gasteiger partial charge in [-0.2, -0.15) is 0 Å². The number of hydrogen-bond acceptors (Lipinski definition) is 9. The van der Waals surface area contributed by atoms with Crippen molar-refractivity contribution in [2.24, 2.45) is 22.7 Å². The standard InChI is InChI=1S/C31H39N5O7S2/c1-36-14-7-3-2-4-8-19-18-31(19,29(39)35-45(41,42)21-11-12-21)34-26(37)23-16-20(17-24(23)28(36)38)43-30(40)33-25-10-6-5-9-22(25)27-32-13-15-44-27/h4-6,8-10,19-21,23-24H,2-3,7,11-18H2,1H3,(H,33,40)(H,34,37)(H,35,39)/b8-4-/t19-,20-,23-,24-,31-/m1/s1. The zero-order valence-electron chi connectivity index (χ0n) is 25.2. The molecule has 0 unspecified atom stereocenters. The number of aliphatic imine (C=N–C) groups is 1. The van der Waals surface area contributed by atoms with Crippen LogP contribution in [0.15, 0.2) is 41.4 Å². The molecule has 1 aromatic rings. The summed E-state index contributed by atoms with van der Waals surface area (Å²) in [4.78, 5) is 60.1. The maximum absolute atomic E-state index is 13.9. The third kappa shape index (κ3) is 6.91. The molecule has 3 N–H and O–H groups in total. The number of anilines is 1. The quantitative estimate of drug-likeness (QED) is 0.394. The van der Waals surface area contributed by atoms with Gasteiger partial charge in [0.25, 0.3) is 5.91 Å². The Morgan fingerprint density at radius 2 is 1.91 bits per heavy atom. The molecule has 0 saturated heterocycles. The van der Waals surface area contributed by atoms with E-state index < -0.39 is 56.7 Å². The van der Waals surface area contributed by atoms with E-state index in [1.165, 1.54) is 0 Å². The first-order valence-electron chi connectivity index (χ1n) is 15.6. The predicted molar refractivity (Wildman–Crippen MR) is 170 cm³/mol. The van der Waals surface area contributed by atoms with Gasteiger partial charge in [-0.05, 0) is 57.4 Å². The number of benzene rings is 1. The van der Waals surface area contributed by atoms with E-state index >= 15 is 0 Å². The first-order chi connectivity index (χ1) is 21.6. The van der Waals surface area contributed by atoms with Gasteiger partial charge in [-0.1, -0.05) is 30.4 Å². The average molecular weight is 658 g/mol. The summed E-state index contributed by atoms with van der Waals surface area (Å²) >= 11 is 1.61. The molecule has 5 atom stereocenters. The molecule has 0 bridgehead atoms. The molecule has 3 saturated carbocycles. The Kier molecular flexibility index (Phi) is 8.97. The molecular formula is C31H39N5O7S2. The van der Waals surface area contributed by atoms with E-state index in [1.807, 2.05) is 24.3 Å². The summed E-state index contributed by atoms with van der Waals surface area (Å²) in [5.41, 5.74) is -0.0594. The fourth-order valence-corrected chi connectivity index (χ4v) is 8.71. The van der Waals surface area contributed by atoms with Gasteiger partial charge in [-0.3, -0.25) is 29.4 Å². The first-order valence-corrected chi connectivity index (χ1v) is 18.1. The van der Waals surface area contributed by atoms with E-state index in [2.05, 4.69) is 20.3 Å². The minimum Gasteiger partial charge on any atom is -0.446 e. The summed E-state index contributed by atoms with van der Waals surface area (Å²) in [6, 6.07) is 7.33. The number of thioether (sulfide) groups is 1. The Hall–Kier alpha value is -3.39. The lowest BCUT2D eigenvalue weighted by atomic mass is 9.93. The Labute approximate surface area is 267 Å². The summed E-state index contributed by atoms with van der Waals surface area (Å²) in [6.07, 6.45) is 6.23. The van der Waals surface area contributed by atoms with Crippen LogP contribution >= 0.6 is 11.8 Å². The van der Waals surface area contributed by atoms with Crippen LogP contribution in [0.3, 0.4) is 0 Å². The van der Waals surface area contributed by atoms with Crippen LogP contribution in [0.2, 0.25) is 0 Å². The van der Waals surface area contributed by atoms with Crippen molar-refractivity contribution in [1.82, 2.24) is 14.9 Å². The van der Waals surface area contributed by atoms with Gasteiger partial charge in [0.05, 0.1) is 27.8 Å². The predicted octanol–water partition coefficient (Wildman–Crippen LogP) is 2.81. The number of nitrogens with one attached hydrogen (secondary N) is 3. The molecule has 0 aromatic heterocycles. The van der Waals surface area contributed by atoms with E-state index in [-0.39, 0.29) is 31.1 Å². The maximum atomic E-state index is 13.9. The Morgan fingerprint density at radius 3 is 2.67 bits per heavy atom. The van der Waals surface area contributed by atoms with Gasteiger partial charge in [0.15, 0.2) is 0 Å². The third-order valence-corrected chi connectivity index (χ3v) is 12.1. The van der Waals surface area contributed by atoms with Crippen molar-refractivity contribution < 1.29 is 32.3 Å². The second kappa shape index (κ2) is 12.8. The summed E-state index contributed by atoms with van der Waals surface area (Å²) in [6.45, 7) is 1.24. The van der Waals surface area contributed by atoms with Crippen LogP contribution in [0.25, 0.3) is 0 Å². The molecule has 2 heterocycles. The average Bonchev–Trinajstić information content (AvgIpc) is 3.87. The smallest absolute Gasteiger partial charge is 0.411 e. The number of fused-ring (bicyclic) bond motifs is 2. The SMILES string of the molecule is CN1CCCC/C=C\[C@@H]2C[C@@]2(C(=O)NS(=O)(=O)C2CC2)NC(=O)[C@@H]2C[C@@H](OC(=O)Nc3ccccc3C3=NCCS3)C[C@H]2C1=O. The minimum absolute atomic E-state index is 0.0896. The number of rotatable bonds is 6. The van der Waals surface area contributed by atoms with Crippen molar-refractivity contribution in [1.29, 1.82) is 0 Å². The van der Waals surface area contributed by atoms with E-state index in [0.717, 1.165) is 35.6 Å². The topological polar surface area (TPSA) is 163 Å². The van der Waals surface area contributed by atoms with E-state index in [4.69, 9.17) is 4.74 Å². The molecule has 6 rings (SSSR count). The van der Waals surface area contributed by atoms with Crippen LogP contribution in [0, 0.1) is 17.8 Å². The van der Waals surface area contributed by atoms with E-state index in [0.29, 0.717) is 31.6 Å². The Bertz CT molecular complexity index is 1540. The molecule has 45 heavy (non-hydrogen) atoms. The highest BCUT2D eigenvalue weighted by molar-refractivity contribution is 8.14. The summed E-state index contributed by atoms with van der Waals surface area (Å²) in [7, 11) is -2.12. The monoisotopic (exact) mass is 657 g/mol. The highest BCUT2D eigenvalue weighted by Crippen LogP contribution is 2.47. The molecule has 12 nitrogen and oxygen atoms in total. The molecule has 14 heteroatoms. The molecule has 0 radical (unpaired) electrons. The number of carbonyl (C=O) groups excluding carboxylic acids is 4. The third-order valence-electron chi connectivity index (χ3n) is 9.25. The lowest BCUT2D eigenvalue weighted by Crippen LogP contribution is -2.54. The molecule has 4 amide bonds. The number of carbonyl (C=O) groups is 4. The Balaban J connectivity index is 1.19. The molecule has 3 fully saturated rings. The second-order valence-corrected chi connectivity index (χ2v) is 15.6. The molecular weight excluding hydrogens is 619 g/mol. The normalized spacial score (nSPS) is 31.0. The fraction of sp³-hybridized carbons (Fsp3) is 0.581. The number of sulfonamides is 1. The van der Waals surface area contributed by atoms with Crippen molar-refractivity contribution in [3.05, 3.63) is 42.0 Å². The number of ether oxygens (including phenoxy) is 1. The van der Waals surface area contributed by atoms with Gasteiger partial charge in [-0.15, -0.1) is 11.8 Å². The van der Waals surface area contributed by atoms with Gasteiger partial charge >= 0.3 is 6.09 Å². The molecule has 1 aromatic carbocycles. The van der Waals surface area contributed by atoms with Crippen LogP contribution in [0.4, 0.5) is 10.5 Å². The van der Waals surface area contributed by atoms with Gasteiger partial charge in [0.1, 0.15) is 11.6 Å². The van der Waals surface area contributed by atoms with Gasteiger partial charge < -0.3 is 15.0 Å². The van der Waals surface area contributed by atoms with E-state index in [1.54, 1.807) is 35.8 Å². The van der Waals surface area contributed by atoms with Crippen molar-refractivity contribution >= 4 is 56.3 Å². The summed E-state index contributed by atoms with van der Waals surface area (Å²) in [5, 5.41) is 5.91. The van der Waals surface area contributed by atoms with Crippen molar-refractivity contribution in [3.63, 3.8) is 0 Å². The minimum atomic E-state index is -3.82. The highest BCUT2D eigenvalue weighted by atomic mass is 32.2. The van der Waals surface area contributed by atoms with Crippen molar-refractivity contribution in [2.75, 3.05) is 31.2 Å². The van der Waals surface area contributed by atoms with Crippen LogP contribution in [-0.4, -0.2) is 85.0 Å². The first kappa shape index (κ1) is 31.6. The zero-order chi connectivity index (χ0) is 31.8. The van der Waals surface area contributed by atoms with Crippen LogP contribution in [0.1, 0.15) is 56.9 Å². The van der Waals surface area contributed by atoms with Crippen LogP contribution in [0.5, 0.6) is 0 Å². The van der Waals surface area contributed by atoms with Gasteiger partial charge in [0.2, 0.25) is 21.8 Å². The molecule has 0 spiro atoms. The van der Waals surface area contributed by atoms with Crippen LogP contribution < -0.4 is 15.4 Å². The maximum Gasteiger partial charge on any atom is 0.411 e. The molecule has 2 aliphatic heterocycles. The summed E-state index contributed by atoms with van der Waals surface area (Å²) < 4.78 is 33.2. The highest BCUT2D eigenvalue weighted by Gasteiger charge is 2.62. The number of allylic oxidation sites excluding steroid dienone is 1. The second-order valence-electron chi connectivity index (χ2n) is 12.5. The largest absolute Gasteiger partial charge is 0.446 e. The van der Waals surface area contributed by atoms with Crippen molar-refractivity contribution in [3.8, 4) is 0 Å². The van der Waals surface area contributed by atoms with Crippen LogP contribution in [-0.2, 0) is 29.1 Å². The lowest BCUT2D eigenvalue weighted by molar-refractivity contribution is -0.140. The molecule has 242 valence electrons. The lowest BCUT2D eigenvalue weighted by Gasteiger charge is -2.26. The summed E-state index contributed by atoms with van der Waals surface area (Å²) in [5.74, 6) is -2.63. The number of nitrogens with zero attached hydrogens (tertiary/aromatic N) is 2. The fourth-order valence-electron chi connectivity index (χ4n) is 6.46. The Morgan fingerprint density at radius 1 is 1.13 bits per heavy atom.